The van der Waals surface area contributed by atoms with Crippen molar-refractivity contribution in [3.63, 3.8) is 0 Å². The second-order valence-electron chi connectivity index (χ2n) is 3.00. The lowest BCUT2D eigenvalue weighted by atomic mass is 10.4. The van der Waals surface area contributed by atoms with E-state index in [0.29, 0.717) is 13.2 Å². The Balaban J connectivity index is 3.23. The van der Waals surface area contributed by atoms with Crippen molar-refractivity contribution >= 4 is 5.97 Å². The first-order chi connectivity index (χ1) is 6.72. The minimum absolute atomic E-state index is 0.349. The maximum absolute atomic E-state index is 10.9. The summed E-state index contributed by atoms with van der Waals surface area (Å²) in [7, 11) is 1.35. The first kappa shape index (κ1) is 13.4. The number of rotatable bonds is 8. The summed E-state index contributed by atoms with van der Waals surface area (Å²) in [6, 6.07) is 0. The lowest BCUT2D eigenvalue weighted by Crippen LogP contribution is -2.23. The lowest BCUT2D eigenvalue weighted by molar-refractivity contribution is -0.153. The van der Waals surface area contributed by atoms with Gasteiger partial charge in [-0.15, -0.1) is 0 Å². The fraction of sp³-hybridized carbons (Fsp3) is 0.900. The molecule has 14 heavy (non-hydrogen) atoms. The van der Waals surface area contributed by atoms with Gasteiger partial charge in [-0.05, 0) is 13.3 Å². The average Bonchev–Trinajstić information content (AvgIpc) is 2.21. The van der Waals surface area contributed by atoms with Gasteiger partial charge in [-0.25, -0.2) is 4.79 Å². The number of ether oxygens (including phenoxy) is 3. The first-order valence-electron chi connectivity index (χ1n) is 4.99. The van der Waals surface area contributed by atoms with Gasteiger partial charge < -0.3 is 14.2 Å². The van der Waals surface area contributed by atoms with Crippen molar-refractivity contribution in [1.82, 2.24) is 0 Å². The molecule has 0 aromatic heterocycles. The normalized spacial score (nSPS) is 12.5. The van der Waals surface area contributed by atoms with Gasteiger partial charge in [0.1, 0.15) is 0 Å². The van der Waals surface area contributed by atoms with Crippen molar-refractivity contribution in [3.8, 4) is 0 Å². The monoisotopic (exact) mass is 204 g/mol. The van der Waals surface area contributed by atoms with Crippen molar-refractivity contribution < 1.29 is 19.0 Å². The molecule has 0 fully saturated rings. The molecule has 0 aromatic carbocycles. The molecule has 0 radical (unpaired) electrons. The highest BCUT2D eigenvalue weighted by atomic mass is 16.6. The summed E-state index contributed by atoms with van der Waals surface area (Å²) in [5.74, 6) is -0.349. The smallest absolute Gasteiger partial charge is 0.334 e. The average molecular weight is 204 g/mol. The Labute approximate surface area is 85.5 Å². The Morgan fingerprint density at radius 1 is 1.29 bits per heavy atom. The number of carbonyl (C=O) groups excluding carboxylic acids is 1. The van der Waals surface area contributed by atoms with Crippen LogP contribution in [0.4, 0.5) is 0 Å². The van der Waals surface area contributed by atoms with Gasteiger partial charge in [0, 0.05) is 6.61 Å². The van der Waals surface area contributed by atoms with Crippen LogP contribution in [-0.4, -0.2) is 39.0 Å². The van der Waals surface area contributed by atoms with E-state index in [1.54, 1.807) is 6.92 Å². The standard InChI is InChI=1S/C10H20O4/c1-4-5-6-13-7-8-14-9(2)10(11)12-3/h9H,4-8H2,1-3H3. The zero-order valence-corrected chi connectivity index (χ0v) is 9.25. The van der Waals surface area contributed by atoms with Crippen molar-refractivity contribution in [2.45, 2.75) is 32.8 Å². The second kappa shape index (κ2) is 8.97. The molecule has 0 spiro atoms. The number of methoxy groups -OCH3 is 1. The molecule has 0 N–H and O–H groups in total. The molecule has 4 nitrogen and oxygen atoms in total. The molecule has 4 heteroatoms. The summed E-state index contributed by atoms with van der Waals surface area (Å²) in [5, 5.41) is 0. The summed E-state index contributed by atoms with van der Waals surface area (Å²) in [6.45, 7) is 5.49. The summed E-state index contributed by atoms with van der Waals surface area (Å²) < 4.78 is 14.9. The molecule has 0 amide bonds. The number of unbranched alkanes of at least 4 members (excludes halogenated alkanes) is 1. The van der Waals surface area contributed by atoms with Crippen LogP contribution in [0.5, 0.6) is 0 Å². The Morgan fingerprint density at radius 2 is 2.00 bits per heavy atom. The SMILES string of the molecule is CCCCOCCOC(C)C(=O)OC. The van der Waals surface area contributed by atoms with Gasteiger partial charge in [0.2, 0.25) is 0 Å². The molecule has 0 rings (SSSR count). The van der Waals surface area contributed by atoms with Crippen molar-refractivity contribution in [2.24, 2.45) is 0 Å². The molecular weight excluding hydrogens is 184 g/mol. The van der Waals surface area contributed by atoms with Gasteiger partial charge in [-0.3, -0.25) is 0 Å². The summed E-state index contributed by atoms with van der Waals surface area (Å²) in [5.41, 5.74) is 0. The lowest BCUT2D eigenvalue weighted by Gasteiger charge is -2.10. The summed E-state index contributed by atoms with van der Waals surface area (Å²) in [6.07, 6.45) is 1.68. The second-order valence-corrected chi connectivity index (χ2v) is 3.00. The highest BCUT2D eigenvalue weighted by Gasteiger charge is 2.12. The van der Waals surface area contributed by atoms with Crippen LogP contribution in [0.2, 0.25) is 0 Å². The highest BCUT2D eigenvalue weighted by Crippen LogP contribution is 1.94. The van der Waals surface area contributed by atoms with Crippen molar-refractivity contribution in [3.05, 3.63) is 0 Å². The van der Waals surface area contributed by atoms with Gasteiger partial charge in [-0.1, -0.05) is 13.3 Å². The fourth-order valence-electron chi connectivity index (χ4n) is 0.866. The number of hydrogen-bond donors (Lipinski definition) is 0. The molecule has 0 bridgehead atoms. The van der Waals surface area contributed by atoms with Crippen LogP contribution in [0, 0.1) is 0 Å². The predicted molar refractivity (Wildman–Crippen MR) is 53.2 cm³/mol. The first-order valence-corrected chi connectivity index (χ1v) is 4.99. The molecule has 1 atom stereocenters. The third kappa shape index (κ3) is 6.86. The third-order valence-electron chi connectivity index (χ3n) is 1.77. The van der Waals surface area contributed by atoms with Gasteiger partial charge in [-0.2, -0.15) is 0 Å². The fourth-order valence-corrected chi connectivity index (χ4v) is 0.866. The van der Waals surface area contributed by atoms with E-state index in [1.165, 1.54) is 7.11 Å². The zero-order valence-electron chi connectivity index (χ0n) is 9.25. The molecule has 0 aromatic rings. The topological polar surface area (TPSA) is 44.8 Å². The largest absolute Gasteiger partial charge is 0.467 e. The van der Waals surface area contributed by atoms with Gasteiger partial charge >= 0.3 is 5.97 Å². The minimum Gasteiger partial charge on any atom is -0.467 e. The number of carbonyl (C=O) groups is 1. The van der Waals surface area contributed by atoms with Crippen LogP contribution in [0.25, 0.3) is 0 Å². The molecule has 0 aliphatic rings. The molecule has 1 unspecified atom stereocenters. The Kier molecular flexibility index (Phi) is 8.57. The Morgan fingerprint density at radius 3 is 2.57 bits per heavy atom. The molecular formula is C10H20O4. The molecule has 0 aliphatic heterocycles. The highest BCUT2D eigenvalue weighted by molar-refractivity contribution is 5.73. The third-order valence-corrected chi connectivity index (χ3v) is 1.77. The van der Waals surface area contributed by atoms with E-state index in [9.17, 15) is 4.79 Å². The van der Waals surface area contributed by atoms with E-state index in [-0.39, 0.29) is 5.97 Å². The predicted octanol–water partition coefficient (Wildman–Crippen LogP) is 1.38. The molecule has 0 saturated carbocycles. The summed E-state index contributed by atoms with van der Waals surface area (Å²) in [4.78, 5) is 10.9. The van der Waals surface area contributed by atoms with Crippen LogP contribution in [-0.2, 0) is 19.0 Å². The van der Waals surface area contributed by atoms with Crippen molar-refractivity contribution in [1.29, 1.82) is 0 Å². The maximum Gasteiger partial charge on any atom is 0.334 e. The number of esters is 1. The van der Waals surface area contributed by atoms with E-state index < -0.39 is 6.10 Å². The number of hydrogen-bond acceptors (Lipinski definition) is 4. The molecule has 84 valence electrons. The van der Waals surface area contributed by atoms with Crippen LogP contribution in [0.1, 0.15) is 26.7 Å². The Hall–Kier alpha value is -0.610. The maximum atomic E-state index is 10.9. The molecule has 0 saturated heterocycles. The van der Waals surface area contributed by atoms with E-state index in [1.807, 2.05) is 0 Å². The summed E-state index contributed by atoms with van der Waals surface area (Å²) >= 11 is 0. The van der Waals surface area contributed by atoms with E-state index in [4.69, 9.17) is 9.47 Å². The van der Waals surface area contributed by atoms with E-state index in [2.05, 4.69) is 11.7 Å². The van der Waals surface area contributed by atoms with Gasteiger partial charge in [0.05, 0.1) is 20.3 Å². The van der Waals surface area contributed by atoms with E-state index >= 15 is 0 Å². The van der Waals surface area contributed by atoms with Crippen LogP contribution < -0.4 is 0 Å². The van der Waals surface area contributed by atoms with Crippen molar-refractivity contribution in [2.75, 3.05) is 26.9 Å². The van der Waals surface area contributed by atoms with Gasteiger partial charge in [0.25, 0.3) is 0 Å². The molecule has 0 heterocycles. The molecule has 0 aliphatic carbocycles. The van der Waals surface area contributed by atoms with E-state index in [0.717, 1.165) is 19.4 Å². The Bertz CT molecular complexity index is 147. The minimum atomic E-state index is -0.505. The van der Waals surface area contributed by atoms with Gasteiger partial charge in [0.15, 0.2) is 6.10 Å². The quantitative estimate of drug-likeness (QED) is 0.442. The van der Waals surface area contributed by atoms with Crippen LogP contribution >= 0.6 is 0 Å². The van der Waals surface area contributed by atoms with Crippen LogP contribution in [0.3, 0.4) is 0 Å². The zero-order chi connectivity index (χ0) is 10.8. The van der Waals surface area contributed by atoms with Crippen LogP contribution in [0.15, 0.2) is 0 Å².